The van der Waals surface area contributed by atoms with Crippen LogP contribution in [0.25, 0.3) is 22.0 Å². The third kappa shape index (κ3) is 5.52. The molecule has 0 aliphatic carbocycles. The average Bonchev–Trinajstić information content (AvgIpc) is 3.34. The van der Waals surface area contributed by atoms with Crippen molar-refractivity contribution in [1.29, 1.82) is 0 Å². The first kappa shape index (κ1) is 25.0. The number of halogens is 3. The van der Waals surface area contributed by atoms with E-state index in [-0.39, 0.29) is 17.8 Å². The van der Waals surface area contributed by atoms with Gasteiger partial charge in [-0.2, -0.15) is 18.3 Å². The summed E-state index contributed by atoms with van der Waals surface area (Å²) in [6.45, 7) is 5.25. The van der Waals surface area contributed by atoms with Gasteiger partial charge in [-0.3, -0.25) is 14.8 Å². The summed E-state index contributed by atoms with van der Waals surface area (Å²) < 4.78 is 41.8. The molecule has 0 saturated carbocycles. The standard InChI is InChI=1S/C28H28F3N5O/c1-18-3-4-20(14-24(18)19-6-8-26-22(13-19)16-32-34-26)27(37)33-23-7-5-21(25(15-23)28(29,30)31)17-36-11-9-35(2)10-12-36/h3-8,13-16H,9-12,17H2,1-2H3,(H,32,34)(H,33,37). The summed E-state index contributed by atoms with van der Waals surface area (Å²) >= 11 is 0. The van der Waals surface area contributed by atoms with Crippen LogP contribution in [0.15, 0.2) is 60.8 Å². The molecule has 6 nitrogen and oxygen atoms in total. The molecule has 1 fully saturated rings. The number of anilines is 1. The van der Waals surface area contributed by atoms with Crippen molar-refractivity contribution in [2.24, 2.45) is 0 Å². The average molecular weight is 508 g/mol. The Morgan fingerprint density at radius 3 is 2.57 bits per heavy atom. The Hall–Kier alpha value is -3.69. The van der Waals surface area contributed by atoms with Crippen LogP contribution in [0.4, 0.5) is 18.9 Å². The lowest BCUT2D eigenvalue weighted by atomic mass is 9.97. The normalized spacial score (nSPS) is 15.3. The summed E-state index contributed by atoms with van der Waals surface area (Å²) in [4.78, 5) is 17.2. The zero-order valence-electron chi connectivity index (χ0n) is 20.7. The van der Waals surface area contributed by atoms with Crippen LogP contribution in [0, 0.1) is 6.92 Å². The fraction of sp³-hybridized carbons (Fsp3) is 0.286. The molecule has 0 spiro atoms. The Morgan fingerprint density at radius 1 is 1.03 bits per heavy atom. The quantitative estimate of drug-likeness (QED) is 0.372. The van der Waals surface area contributed by atoms with Gasteiger partial charge in [-0.1, -0.05) is 18.2 Å². The lowest BCUT2D eigenvalue weighted by Gasteiger charge is -2.33. The molecule has 1 aliphatic heterocycles. The van der Waals surface area contributed by atoms with Crippen molar-refractivity contribution in [3.8, 4) is 11.1 Å². The van der Waals surface area contributed by atoms with Gasteiger partial charge in [-0.05, 0) is 72.6 Å². The fourth-order valence-corrected chi connectivity index (χ4v) is 4.69. The smallest absolute Gasteiger partial charge is 0.322 e. The number of aryl methyl sites for hydroxylation is 1. The Balaban J connectivity index is 1.38. The minimum absolute atomic E-state index is 0.112. The molecule has 1 aliphatic rings. The highest BCUT2D eigenvalue weighted by Gasteiger charge is 2.34. The number of rotatable bonds is 5. The van der Waals surface area contributed by atoms with Crippen LogP contribution in [0.2, 0.25) is 0 Å². The third-order valence-corrected chi connectivity index (χ3v) is 6.91. The summed E-state index contributed by atoms with van der Waals surface area (Å²) in [5, 5.41) is 10.6. The molecule has 2 N–H and O–H groups in total. The lowest BCUT2D eigenvalue weighted by Crippen LogP contribution is -2.44. The van der Waals surface area contributed by atoms with Gasteiger partial charge in [0, 0.05) is 49.4 Å². The number of H-pyrrole nitrogens is 1. The first-order chi connectivity index (χ1) is 17.7. The first-order valence-corrected chi connectivity index (χ1v) is 12.1. The minimum atomic E-state index is -4.52. The number of amides is 1. The first-order valence-electron chi connectivity index (χ1n) is 12.1. The van der Waals surface area contributed by atoms with Crippen LogP contribution in [-0.4, -0.2) is 59.1 Å². The second-order valence-corrected chi connectivity index (χ2v) is 9.60. The van der Waals surface area contributed by atoms with Crippen molar-refractivity contribution in [2.75, 3.05) is 38.5 Å². The van der Waals surface area contributed by atoms with Crippen LogP contribution in [0.5, 0.6) is 0 Å². The molecule has 1 amide bonds. The van der Waals surface area contributed by atoms with Gasteiger partial charge in [-0.25, -0.2) is 0 Å². The summed E-state index contributed by atoms with van der Waals surface area (Å²) in [5.74, 6) is -0.467. The highest BCUT2D eigenvalue weighted by molar-refractivity contribution is 6.05. The van der Waals surface area contributed by atoms with E-state index >= 15 is 0 Å². The van der Waals surface area contributed by atoms with Crippen molar-refractivity contribution in [1.82, 2.24) is 20.0 Å². The number of aromatic nitrogens is 2. The van der Waals surface area contributed by atoms with Gasteiger partial charge in [-0.15, -0.1) is 0 Å². The van der Waals surface area contributed by atoms with Gasteiger partial charge in [0.15, 0.2) is 0 Å². The van der Waals surface area contributed by atoms with E-state index in [1.807, 2.05) is 43.1 Å². The maximum absolute atomic E-state index is 13.9. The van der Waals surface area contributed by atoms with E-state index in [0.29, 0.717) is 5.56 Å². The van der Waals surface area contributed by atoms with E-state index in [1.54, 1.807) is 24.4 Å². The minimum Gasteiger partial charge on any atom is -0.322 e. The van der Waals surface area contributed by atoms with Crippen LogP contribution in [-0.2, 0) is 12.7 Å². The Bertz CT molecular complexity index is 1440. The Labute approximate surface area is 213 Å². The van der Waals surface area contributed by atoms with E-state index in [1.165, 1.54) is 6.07 Å². The summed E-state index contributed by atoms with van der Waals surface area (Å²) in [7, 11) is 2.00. The van der Waals surface area contributed by atoms with Crippen LogP contribution >= 0.6 is 0 Å². The molecule has 0 unspecified atom stereocenters. The van der Waals surface area contributed by atoms with Gasteiger partial charge in [0.1, 0.15) is 0 Å². The molecule has 0 radical (unpaired) electrons. The number of fused-ring (bicyclic) bond motifs is 1. The van der Waals surface area contributed by atoms with Gasteiger partial charge < -0.3 is 10.2 Å². The molecule has 1 saturated heterocycles. The summed E-state index contributed by atoms with van der Waals surface area (Å²) in [6, 6.07) is 15.2. The molecule has 5 rings (SSSR count). The SMILES string of the molecule is Cc1ccc(C(=O)Nc2ccc(CN3CCN(C)CC3)c(C(F)(F)F)c2)cc1-c1ccc2[nH]ncc2c1. The van der Waals surface area contributed by atoms with E-state index in [9.17, 15) is 18.0 Å². The molecule has 9 heteroatoms. The molecule has 2 heterocycles. The van der Waals surface area contributed by atoms with Gasteiger partial charge >= 0.3 is 6.18 Å². The highest BCUT2D eigenvalue weighted by Crippen LogP contribution is 2.35. The topological polar surface area (TPSA) is 64.3 Å². The van der Waals surface area contributed by atoms with E-state index < -0.39 is 17.6 Å². The zero-order valence-corrected chi connectivity index (χ0v) is 20.7. The number of hydrogen-bond donors (Lipinski definition) is 2. The Kier molecular flexibility index (Phi) is 6.74. The van der Waals surface area contributed by atoms with Crippen LogP contribution < -0.4 is 5.32 Å². The molecule has 1 aromatic heterocycles. The molecular formula is C28H28F3N5O. The predicted molar refractivity (Wildman–Crippen MR) is 138 cm³/mol. The predicted octanol–water partition coefficient (Wildman–Crippen LogP) is 5.56. The second-order valence-electron chi connectivity index (χ2n) is 9.60. The van der Waals surface area contributed by atoms with Crippen LogP contribution in [0.3, 0.4) is 0 Å². The number of likely N-dealkylation sites (N-methyl/N-ethyl adjacent to an activating group) is 1. The van der Waals surface area contributed by atoms with Crippen LogP contribution in [0.1, 0.15) is 27.0 Å². The number of carbonyl (C=O) groups is 1. The molecule has 4 aromatic rings. The van der Waals surface area contributed by atoms with E-state index in [4.69, 9.17) is 0 Å². The van der Waals surface area contributed by atoms with Gasteiger partial charge in [0.2, 0.25) is 0 Å². The number of nitrogens with zero attached hydrogens (tertiary/aromatic N) is 3. The number of piperazine rings is 1. The number of alkyl halides is 3. The van der Waals surface area contributed by atoms with Crippen molar-refractivity contribution >= 4 is 22.5 Å². The molecule has 37 heavy (non-hydrogen) atoms. The third-order valence-electron chi connectivity index (χ3n) is 6.91. The van der Waals surface area contributed by atoms with E-state index in [2.05, 4.69) is 20.4 Å². The second kappa shape index (κ2) is 9.99. The van der Waals surface area contributed by atoms with Crippen molar-refractivity contribution in [2.45, 2.75) is 19.6 Å². The summed E-state index contributed by atoms with van der Waals surface area (Å²) in [5.41, 5.74) is 3.65. The van der Waals surface area contributed by atoms with Crippen molar-refractivity contribution in [3.05, 3.63) is 83.0 Å². The maximum atomic E-state index is 13.9. The maximum Gasteiger partial charge on any atom is 0.416 e. The van der Waals surface area contributed by atoms with E-state index in [0.717, 1.165) is 59.8 Å². The molecule has 0 atom stereocenters. The van der Waals surface area contributed by atoms with Gasteiger partial charge in [0.05, 0.1) is 17.3 Å². The number of hydrogen-bond acceptors (Lipinski definition) is 4. The number of carbonyl (C=O) groups excluding carboxylic acids is 1. The number of nitrogens with one attached hydrogen (secondary N) is 2. The molecule has 3 aromatic carbocycles. The molecular weight excluding hydrogens is 479 g/mol. The highest BCUT2D eigenvalue weighted by atomic mass is 19.4. The lowest BCUT2D eigenvalue weighted by molar-refractivity contribution is -0.138. The van der Waals surface area contributed by atoms with Crippen molar-refractivity contribution in [3.63, 3.8) is 0 Å². The molecule has 192 valence electrons. The van der Waals surface area contributed by atoms with Gasteiger partial charge in [0.25, 0.3) is 5.91 Å². The summed E-state index contributed by atoms with van der Waals surface area (Å²) in [6.07, 6.45) is -2.79. The molecule has 0 bridgehead atoms. The number of aromatic amines is 1. The monoisotopic (exact) mass is 507 g/mol. The Morgan fingerprint density at radius 2 is 1.81 bits per heavy atom. The van der Waals surface area contributed by atoms with Crippen molar-refractivity contribution < 1.29 is 18.0 Å². The zero-order chi connectivity index (χ0) is 26.2. The fourth-order valence-electron chi connectivity index (χ4n) is 4.69. The number of benzene rings is 3. The largest absolute Gasteiger partial charge is 0.416 e.